The van der Waals surface area contributed by atoms with E-state index in [0.717, 1.165) is 10.6 Å². The molecule has 0 fully saturated rings. The number of rotatable bonds is 2. The van der Waals surface area contributed by atoms with Gasteiger partial charge in [-0.25, -0.2) is 4.98 Å². The molecular formula is C14H20N2S. The van der Waals surface area contributed by atoms with Gasteiger partial charge >= 0.3 is 0 Å². The second kappa shape index (κ2) is 4.30. The molecule has 92 valence electrons. The van der Waals surface area contributed by atoms with Gasteiger partial charge in [0.25, 0.3) is 0 Å². The van der Waals surface area contributed by atoms with Crippen LogP contribution in [0.3, 0.4) is 0 Å². The summed E-state index contributed by atoms with van der Waals surface area (Å²) < 4.78 is 1.26. The molecule has 0 bridgehead atoms. The Balaban J connectivity index is 2.49. The fraction of sp³-hybridized carbons (Fsp3) is 0.500. The van der Waals surface area contributed by atoms with E-state index in [1.165, 1.54) is 4.70 Å². The van der Waals surface area contributed by atoms with Crippen LogP contribution in [0.15, 0.2) is 24.3 Å². The van der Waals surface area contributed by atoms with Crippen molar-refractivity contribution in [2.75, 3.05) is 4.90 Å². The van der Waals surface area contributed by atoms with Crippen LogP contribution in [0.2, 0.25) is 0 Å². The lowest BCUT2D eigenvalue weighted by Gasteiger charge is -2.38. The van der Waals surface area contributed by atoms with Gasteiger partial charge in [0.2, 0.25) is 0 Å². The summed E-state index contributed by atoms with van der Waals surface area (Å²) in [4.78, 5) is 7.13. The van der Waals surface area contributed by atoms with E-state index in [0.29, 0.717) is 6.04 Å². The van der Waals surface area contributed by atoms with Crippen molar-refractivity contribution in [3.8, 4) is 0 Å². The Kier molecular flexibility index (Phi) is 3.13. The topological polar surface area (TPSA) is 16.1 Å². The zero-order valence-electron chi connectivity index (χ0n) is 11.2. The SMILES string of the molecule is CC(C)N(c1nc2ccccc2s1)C(C)(C)C. The average Bonchev–Trinajstić information content (AvgIpc) is 2.56. The zero-order chi connectivity index (χ0) is 12.6. The normalized spacial score (nSPS) is 12.4. The van der Waals surface area contributed by atoms with Crippen molar-refractivity contribution in [2.45, 2.75) is 46.2 Å². The van der Waals surface area contributed by atoms with Gasteiger partial charge in [0.05, 0.1) is 10.2 Å². The fourth-order valence-electron chi connectivity index (χ4n) is 2.25. The minimum absolute atomic E-state index is 0.0992. The third kappa shape index (κ3) is 2.44. The van der Waals surface area contributed by atoms with Crippen molar-refractivity contribution in [3.63, 3.8) is 0 Å². The number of hydrogen-bond donors (Lipinski definition) is 0. The van der Waals surface area contributed by atoms with Crippen LogP contribution in [0, 0.1) is 0 Å². The van der Waals surface area contributed by atoms with Gasteiger partial charge in [-0.2, -0.15) is 0 Å². The van der Waals surface area contributed by atoms with Crippen molar-refractivity contribution in [1.29, 1.82) is 0 Å². The highest BCUT2D eigenvalue weighted by Gasteiger charge is 2.26. The molecule has 0 aliphatic carbocycles. The molecule has 2 aromatic rings. The van der Waals surface area contributed by atoms with E-state index in [9.17, 15) is 0 Å². The summed E-state index contributed by atoms with van der Waals surface area (Å²) in [7, 11) is 0. The number of para-hydroxylation sites is 1. The first kappa shape index (κ1) is 12.4. The molecule has 1 aromatic carbocycles. The van der Waals surface area contributed by atoms with Crippen LogP contribution in [0.5, 0.6) is 0 Å². The fourth-order valence-corrected chi connectivity index (χ4v) is 3.53. The van der Waals surface area contributed by atoms with Crippen LogP contribution in [0.25, 0.3) is 10.2 Å². The van der Waals surface area contributed by atoms with E-state index in [1.807, 2.05) is 6.07 Å². The number of hydrogen-bond acceptors (Lipinski definition) is 3. The molecule has 0 atom stereocenters. The third-order valence-electron chi connectivity index (χ3n) is 2.73. The molecule has 0 N–H and O–H groups in total. The number of nitrogens with zero attached hydrogens (tertiary/aromatic N) is 2. The Morgan fingerprint density at radius 3 is 2.35 bits per heavy atom. The van der Waals surface area contributed by atoms with Crippen molar-refractivity contribution >= 4 is 26.7 Å². The number of anilines is 1. The third-order valence-corrected chi connectivity index (χ3v) is 3.76. The van der Waals surface area contributed by atoms with Gasteiger partial charge in [-0.1, -0.05) is 23.5 Å². The van der Waals surface area contributed by atoms with Crippen LogP contribution in [0.4, 0.5) is 5.13 Å². The van der Waals surface area contributed by atoms with Crippen molar-refractivity contribution in [3.05, 3.63) is 24.3 Å². The van der Waals surface area contributed by atoms with Crippen LogP contribution in [-0.4, -0.2) is 16.6 Å². The summed E-state index contributed by atoms with van der Waals surface area (Å²) in [5.74, 6) is 0. The van der Waals surface area contributed by atoms with Gasteiger partial charge in [-0.15, -0.1) is 0 Å². The maximum Gasteiger partial charge on any atom is 0.187 e. The lowest BCUT2D eigenvalue weighted by Crippen LogP contribution is -2.46. The smallest absolute Gasteiger partial charge is 0.187 e. The molecule has 1 aromatic heterocycles. The summed E-state index contributed by atoms with van der Waals surface area (Å²) in [6.07, 6.45) is 0. The maximum atomic E-state index is 4.75. The van der Waals surface area contributed by atoms with Gasteiger partial charge in [-0.3, -0.25) is 0 Å². The molecule has 0 spiro atoms. The van der Waals surface area contributed by atoms with Gasteiger partial charge in [0.1, 0.15) is 0 Å². The summed E-state index contributed by atoms with van der Waals surface area (Å²) in [6.45, 7) is 11.1. The van der Waals surface area contributed by atoms with Crippen molar-refractivity contribution in [2.24, 2.45) is 0 Å². The van der Waals surface area contributed by atoms with Crippen LogP contribution >= 0.6 is 11.3 Å². The van der Waals surface area contributed by atoms with Crippen molar-refractivity contribution in [1.82, 2.24) is 4.98 Å². The Morgan fingerprint density at radius 1 is 1.18 bits per heavy atom. The first-order chi connectivity index (χ1) is 7.89. The summed E-state index contributed by atoms with van der Waals surface area (Å²) in [5, 5.41) is 1.12. The lowest BCUT2D eigenvalue weighted by atomic mass is 10.1. The predicted molar refractivity (Wildman–Crippen MR) is 77.0 cm³/mol. The predicted octanol–water partition coefficient (Wildman–Crippen LogP) is 4.31. The van der Waals surface area contributed by atoms with E-state index >= 15 is 0 Å². The number of aromatic nitrogens is 1. The molecular weight excluding hydrogens is 228 g/mol. The Bertz CT molecular complexity index is 475. The monoisotopic (exact) mass is 248 g/mol. The van der Waals surface area contributed by atoms with Crippen LogP contribution in [-0.2, 0) is 0 Å². The molecule has 2 nitrogen and oxygen atoms in total. The second-order valence-electron chi connectivity index (χ2n) is 5.60. The maximum absolute atomic E-state index is 4.75. The number of thiazole rings is 1. The van der Waals surface area contributed by atoms with Gasteiger partial charge in [0.15, 0.2) is 5.13 Å². The molecule has 0 saturated heterocycles. The van der Waals surface area contributed by atoms with E-state index in [1.54, 1.807) is 11.3 Å². The highest BCUT2D eigenvalue weighted by Crippen LogP contribution is 2.33. The van der Waals surface area contributed by atoms with E-state index in [2.05, 4.69) is 57.7 Å². The largest absolute Gasteiger partial charge is 0.341 e. The second-order valence-corrected chi connectivity index (χ2v) is 6.61. The molecule has 2 rings (SSSR count). The molecule has 1 heterocycles. The standard InChI is InChI=1S/C14H20N2S/c1-10(2)16(14(3,4)5)13-15-11-8-6-7-9-12(11)17-13/h6-10H,1-5H3. The van der Waals surface area contributed by atoms with Crippen molar-refractivity contribution < 1.29 is 0 Å². The first-order valence-electron chi connectivity index (χ1n) is 6.04. The van der Waals surface area contributed by atoms with Crippen LogP contribution < -0.4 is 4.90 Å². The molecule has 0 radical (unpaired) electrons. The molecule has 3 heteroatoms. The Morgan fingerprint density at radius 2 is 1.82 bits per heavy atom. The zero-order valence-corrected chi connectivity index (χ0v) is 12.0. The van der Waals surface area contributed by atoms with Crippen LogP contribution in [0.1, 0.15) is 34.6 Å². The quantitative estimate of drug-likeness (QED) is 0.787. The molecule has 0 saturated carbocycles. The summed E-state index contributed by atoms with van der Waals surface area (Å²) in [6, 6.07) is 8.79. The minimum atomic E-state index is 0.0992. The van der Waals surface area contributed by atoms with E-state index < -0.39 is 0 Å². The average molecular weight is 248 g/mol. The minimum Gasteiger partial charge on any atom is -0.341 e. The molecule has 0 amide bonds. The van der Waals surface area contributed by atoms with Gasteiger partial charge in [-0.05, 0) is 46.8 Å². The first-order valence-corrected chi connectivity index (χ1v) is 6.86. The van der Waals surface area contributed by atoms with Gasteiger partial charge in [0, 0.05) is 11.6 Å². The Hall–Kier alpha value is -1.09. The number of benzene rings is 1. The molecule has 0 unspecified atom stereocenters. The molecule has 17 heavy (non-hydrogen) atoms. The van der Waals surface area contributed by atoms with Gasteiger partial charge < -0.3 is 4.90 Å². The highest BCUT2D eigenvalue weighted by molar-refractivity contribution is 7.22. The summed E-state index contributed by atoms with van der Waals surface area (Å²) >= 11 is 1.78. The molecule has 0 aliphatic heterocycles. The van der Waals surface area contributed by atoms with E-state index in [-0.39, 0.29) is 5.54 Å². The lowest BCUT2D eigenvalue weighted by molar-refractivity contribution is 0.465. The number of fused-ring (bicyclic) bond motifs is 1. The summed E-state index contributed by atoms with van der Waals surface area (Å²) in [5.41, 5.74) is 1.20. The molecule has 0 aliphatic rings. The Labute approximate surface area is 107 Å². The highest BCUT2D eigenvalue weighted by atomic mass is 32.1. The van der Waals surface area contributed by atoms with E-state index in [4.69, 9.17) is 4.98 Å².